The minimum absolute atomic E-state index is 0.0698. The standard InChI is InChI=1S/C33H33N5O5/c1-33(2,3)43-32(41)37-17-22(18-37)38-28(19-42-29-10-5-4-7-21(29)16-30(39)40)26-15-20(11-12-27(26)36-38)23-8-6-9-25-24(23)13-14-35-31(25)34/h4-15,22H,16-19H2,1-3H3,(H2,34,35)(H,39,40). The SMILES string of the molecule is CC(C)(C)OC(=O)N1CC(n2nc3ccc(-c4cccc5c(N)nccc45)cc3c2COc2ccccc2CC(=O)O)C1. The first-order valence-corrected chi connectivity index (χ1v) is 14.1. The summed E-state index contributed by atoms with van der Waals surface area (Å²) in [4.78, 5) is 30.0. The van der Waals surface area contributed by atoms with E-state index >= 15 is 0 Å². The number of hydrogen-bond acceptors (Lipinski definition) is 7. The zero-order valence-corrected chi connectivity index (χ0v) is 24.3. The van der Waals surface area contributed by atoms with Crippen molar-refractivity contribution in [2.75, 3.05) is 18.8 Å². The van der Waals surface area contributed by atoms with Crippen LogP contribution in [-0.2, 0) is 22.6 Å². The highest BCUT2D eigenvalue weighted by Gasteiger charge is 2.37. The van der Waals surface area contributed by atoms with Gasteiger partial charge in [0.1, 0.15) is 23.8 Å². The second-order valence-electron chi connectivity index (χ2n) is 11.7. The highest BCUT2D eigenvalue weighted by molar-refractivity contribution is 6.02. The van der Waals surface area contributed by atoms with Gasteiger partial charge in [0, 0.05) is 35.6 Å². The first-order chi connectivity index (χ1) is 20.6. The predicted molar refractivity (Wildman–Crippen MR) is 164 cm³/mol. The van der Waals surface area contributed by atoms with E-state index in [1.807, 2.05) is 61.9 Å². The van der Waals surface area contributed by atoms with Gasteiger partial charge in [0.2, 0.25) is 0 Å². The summed E-state index contributed by atoms with van der Waals surface area (Å²) in [6.07, 6.45) is 1.21. The number of benzene rings is 3. The van der Waals surface area contributed by atoms with Crippen molar-refractivity contribution >= 4 is 39.6 Å². The van der Waals surface area contributed by atoms with Gasteiger partial charge in [0.25, 0.3) is 0 Å². The highest BCUT2D eigenvalue weighted by Crippen LogP contribution is 2.35. The van der Waals surface area contributed by atoms with Gasteiger partial charge >= 0.3 is 12.1 Å². The number of aromatic nitrogens is 3. The van der Waals surface area contributed by atoms with E-state index in [4.69, 9.17) is 20.3 Å². The van der Waals surface area contributed by atoms with Crippen molar-refractivity contribution in [3.63, 3.8) is 0 Å². The van der Waals surface area contributed by atoms with Crippen LogP contribution in [0.3, 0.4) is 0 Å². The maximum atomic E-state index is 12.6. The molecule has 3 heterocycles. The maximum absolute atomic E-state index is 12.6. The van der Waals surface area contributed by atoms with Crippen molar-refractivity contribution in [2.45, 2.75) is 45.4 Å². The molecule has 0 spiro atoms. The van der Waals surface area contributed by atoms with Crippen LogP contribution in [-0.4, -0.2) is 55.5 Å². The molecule has 10 nitrogen and oxygen atoms in total. The number of nitrogens with zero attached hydrogens (tertiary/aromatic N) is 4. The lowest BCUT2D eigenvalue weighted by atomic mass is 9.97. The number of carbonyl (C=O) groups excluding carboxylic acids is 1. The third kappa shape index (κ3) is 5.68. The second kappa shape index (κ2) is 10.9. The molecule has 6 rings (SSSR count). The Hall–Kier alpha value is -5.12. The molecule has 0 radical (unpaired) electrons. The smallest absolute Gasteiger partial charge is 0.410 e. The molecule has 220 valence electrons. The molecular formula is C33H33N5O5. The number of fused-ring (bicyclic) bond motifs is 2. The molecule has 10 heteroatoms. The Morgan fingerprint density at radius 3 is 2.56 bits per heavy atom. The number of pyridine rings is 1. The normalized spacial score (nSPS) is 13.7. The zero-order chi connectivity index (χ0) is 30.3. The third-order valence-corrected chi connectivity index (χ3v) is 7.49. The van der Waals surface area contributed by atoms with Crippen molar-refractivity contribution in [3.8, 4) is 16.9 Å². The molecule has 0 atom stereocenters. The summed E-state index contributed by atoms with van der Waals surface area (Å²) in [5.74, 6) is 0.0451. The van der Waals surface area contributed by atoms with Gasteiger partial charge < -0.3 is 25.2 Å². The summed E-state index contributed by atoms with van der Waals surface area (Å²) in [6.45, 7) is 6.60. The molecule has 3 N–H and O–H groups in total. The molecule has 0 unspecified atom stereocenters. The van der Waals surface area contributed by atoms with E-state index in [0.29, 0.717) is 30.2 Å². The van der Waals surface area contributed by atoms with Gasteiger partial charge in [-0.05, 0) is 61.5 Å². The minimum Gasteiger partial charge on any atom is -0.487 e. The molecule has 5 aromatic rings. The fraction of sp³-hybridized carbons (Fsp3) is 0.273. The van der Waals surface area contributed by atoms with E-state index in [0.717, 1.165) is 38.5 Å². The molecule has 0 bridgehead atoms. The lowest BCUT2D eigenvalue weighted by molar-refractivity contribution is -0.136. The van der Waals surface area contributed by atoms with Crippen LogP contribution in [0.5, 0.6) is 5.75 Å². The Kier molecular flexibility index (Phi) is 7.13. The van der Waals surface area contributed by atoms with E-state index in [1.165, 1.54) is 0 Å². The molecular weight excluding hydrogens is 546 g/mol. The van der Waals surface area contributed by atoms with Gasteiger partial charge in [-0.2, -0.15) is 5.10 Å². The lowest BCUT2D eigenvalue weighted by Gasteiger charge is -2.40. The van der Waals surface area contributed by atoms with E-state index < -0.39 is 11.6 Å². The number of carboxylic acid groups (broad SMARTS) is 1. The van der Waals surface area contributed by atoms with Gasteiger partial charge in [-0.15, -0.1) is 0 Å². The Morgan fingerprint density at radius 1 is 1.00 bits per heavy atom. The Labute approximate surface area is 248 Å². The van der Waals surface area contributed by atoms with Crippen LogP contribution in [0.15, 0.2) is 72.9 Å². The molecule has 1 saturated heterocycles. The summed E-state index contributed by atoms with van der Waals surface area (Å²) in [7, 11) is 0. The Balaban J connectivity index is 1.38. The number of nitrogen functional groups attached to an aromatic ring is 1. The molecule has 1 aliphatic rings. The van der Waals surface area contributed by atoms with Crippen molar-refractivity contribution in [3.05, 3.63) is 84.2 Å². The minimum atomic E-state index is -0.932. The van der Waals surface area contributed by atoms with E-state index in [1.54, 1.807) is 29.3 Å². The molecule has 0 saturated carbocycles. The molecule has 0 aliphatic carbocycles. The van der Waals surface area contributed by atoms with Crippen molar-refractivity contribution in [2.24, 2.45) is 0 Å². The molecule has 1 fully saturated rings. The average molecular weight is 580 g/mol. The monoisotopic (exact) mass is 579 g/mol. The largest absolute Gasteiger partial charge is 0.487 e. The first kappa shape index (κ1) is 28.0. The summed E-state index contributed by atoms with van der Waals surface area (Å²) in [6, 6.07) is 21.1. The van der Waals surface area contributed by atoms with Gasteiger partial charge in [-0.1, -0.05) is 42.5 Å². The molecule has 43 heavy (non-hydrogen) atoms. The second-order valence-corrected chi connectivity index (χ2v) is 11.7. The fourth-order valence-corrected chi connectivity index (χ4v) is 5.43. The number of rotatable bonds is 7. The number of carboxylic acids is 1. The number of carbonyl (C=O) groups is 2. The summed E-state index contributed by atoms with van der Waals surface area (Å²) >= 11 is 0. The fourth-order valence-electron chi connectivity index (χ4n) is 5.43. The molecule has 2 aromatic heterocycles. The van der Waals surface area contributed by atoms with Crippen LogP contribution in [0.1, 0.15) is 38.1 Å². The number of anilines is 1. The number of nitrogens with two attached hydrogens (primary N) is 1. The van der Waals surface area contributed by atoms with Gasteiger partial charge in [-0.3, -0.25) is 9.48 Å². The van der Waals surface area contributed by atoms with Crippen LogP contribution in [0.4, 0.5) is 10.6 Å². The van der Waals surface area contributed by atoms with E-state index in [9.17, 15) is 14.7 Å². The van der Waals surface area contributed by atoms with Crippen LogP contribution < -0.4 is 10.5 Å². The Bertz CT molecular complexity index is 1850. The maximum Gasteiger partial charge on any atom is 0.410 e. The van der Waals surface area contributed by atoms with Crippen molar-refractivity contribution in [1.82, 2.24) is 19.7 Å². The summed E-state index contributed by atoms with van der Waals surface area (Å²) < 4.78 is 13.7. The Morgan fingerprint density at radius 2 is 1.79 bits per heavy atom. The first-order valence-electron chi connectivity index (χ1n) is 14.1. The van der Waals surface area contributed by atoms with Gasteiger partial charge in [0.05, 0.1) is 23.7 Å². The summed E-state index contributed by atoms with van der Waals surface area (Å²) in [5.41, 5.74) is 9.80. The number of aliphatic carboxylic acids is 1. The number of likely N-dealkylation sites (tertiary alicyclic amines) is 1. The molecule has 3 aromatic carbocycles. The number of amides is 1. The highest BCUT2D eigenvalue weighted by atomic mass is 16.6. The van der Waals surface area contributed by atoms with Crippen LogP contribution >= 0.6 is 0 Å². The summed E-state index contributed by atoms with van der Waals surface area (Å²) in [5, 5.41) is 17.1. The van der Waals surface area contributed by atoms with Gasteiger partial charge in [0.15, 0.2) is 0 Å². The van der Waals surface area contributed by atoms with E-state index in [-0.39, 0.29) is 25.2 Å². The molecule has 1 aliphatic heterocycles. The molecule has 1 amide bonds. The van der Waals surface area contributed by atoms with Crippen LogP contribution in [0.25, 0.3) is 32.8 Å². The number of hydrogen-bond donors (Lipinski definition) is 2. The predicted octanol–water partition coefficient (Wildman–Crippen LogP) is 5.83. The van der Waals surface area contributed by atoms with Crippen molar-refractivity contribution < 1.29 is 24.2 Å². The topological polar surface area (TPSA) is 133 Å². The lowest BCUT2D eigenvalue weighted by Crippen LogP contribution is -2.52. The van der Waals surface area contributed by atoms with Crippen LogP contribution in [0, 0.1) is 0 Å². The van der Waals surface area contributed by atoms with Crippen LogP contribution in [0.2, 0.25) is 0 Å². The van der Waals surface area contributed by atoms with E-state index in [2.05, 4.69) is 17.1 Å². The van der Waals surface area contributed by atoms with Crippen molar-refractivity contribution in [1.29, 1.82) is 0 Å². The number of para-hydroxylation sites is 1. The third-order valence-electron chi connectivity index (χ3n) is 7.49. The van der Waals surface area contributed by atoms with Gasteiger partial charge in [-0.25, -0.2) is 9.78 Å². The zero-order valence-electron chi connectivity index (χ0n) is 24.3. The average Bonchev–Trinajstić information content (AvgIpc) is 3.27. The number of ether oxygens (including phenoxy) is 2. The quantitative estimate of drug-likeness (QED) is 0.246.